The van der Waals surface area contributed by atoms with E-state index in [1.807, 2.05) is 0 Å². The minimum Gasteiger partial charge on any atom is -0.317 e. The summed E-state index contributed by atoms with van der Waals surface area (Å²) in [6.45, 7) is 9.00. The Morgan fingerprint density at radius 2 is 0.778 bits per heavy atom. The number of anilines is 5. The zero-order valence-electron chi connectivity index (χ0n) is 36.3. The first-order valence-electron chi connectivity index (χ1n) is 21.9. The van der Waals surface area contributed by atoms with Crippen molar-refractivity contribution in [3.63, 3.8) is 0 Å². The molecule has 0 atom stereocenters. The number of benzene rings is 9. The molecule has 1 aliphatic rings. The lowest BCUT2D eigenvalue weighted by atomic mass is 9.82. The van der Waals surface area contributed by atoms with Crippen LogP contribution in [0.3, 0.4) is 0 Å². The quantitative estimate of drug-likeness (QED) is 0.136. The fourth-order valence-corrected chi connectivity index (χ4v) is 9.16. The van der Waals surface area contributed by atoms with Crippen molar-refractivity contribution in [1.29, 1.82) is 0 Å². The number of rotatable bonds is 10. The lowest BCUT2D eigenvalue weighted by Gasteiger charge is -2.28. The highest BCUT2D eigenvalue weighted by molar-refractivity contribution is 5.86. The molecule has 0 amide bonds. The van der Waals surface area contributed by atoms with Crippen LogP contribution in [0.2, 0.25) is 0 Å². The van der Waals surface area contributed by atoms with Crippen LogP contribution < -0.4 is 9.80 Å². The van der Waals surface area contributed by atoms with Crippen molar-refractivity contribution < 1.29 is 0 Å². The van der Waals surface area contributed by atoms with E-state index in [2.05, 4.69) is 268 Å². The molecule has 0 fully saturated rings. The first kappa shape index (κ1) is 39.5. The predicted octanol–water partition coefficient (Wildman–Crippen LogP) is 17.0. The van der Waals surface area contributed by atoms with Crippen LogP contribution in [0.1, 0.15) is 43.0 Å². The molecule has 0 spiro atoms. The molecule has 0 bridgehead atoms. The minimum absolute atomic E-state index is 0.0937. The van der Waals surface area contributed by atoms with Gasteiger partial charge in [-0.05, 0) is 141 Å². The maximum absolute atomic E-state index is 2.40. The Labute approximate surface area is 372 Å². The van der Waals surface area contributed by atoms with Gasteiger partial charge in [-0.2, -0.15) is 0 Å². The van der Waals surface area contributed by atoms with E-state index >= 15 is 0 Å². The van der Waals surface area contributed by atoms with Crippen LogP contribution in [0.5, 0.6) is 0 Å². The van der Waals surface area contributed by atoms with Crippen LogP contribution in [-0.4, -0.2) is 0 Å². The van der Waals surface area contributed by atoms with E-state index < -0.39 is 0 Å². The predicted molar refractivity (Wildman–Crippen MR) is 268 cm³/mol. The zero-order chi connectivity index (χ0) is 42.9. The van der Waals surface area contributed by atoms with Crippen molar-refractivity contribution in [3.05, 3.63) is 253 Å². The summed E-state index contributed by atoms with van der Waals surface area (Å²) in [5, 5.41) is 0. The summed E-state index contributed by atoms with van der Waals surface area (Å²) in [6.07, 6.45) is 2.24. The number of aryl methyl sites for hydroxylation is 1. The van der Waals surface area contributed by atoms with Gasteiger partial charge in [0.25, 0.3) is 0 Å². The first-order chi connectivity index (χ1) is 30.8. The van der Waals surface area contributed by atoms with Crippen molar-refractivity contribution in [3.8, 4) is 44.5 Å². The third-order valence-electron chi connectivity index (χ3n) is 12.7. The molecule has 2 heteroatoms. The molecule has 0 saturated heterocycles. The Bertz CT molecular complexity index is 3040. The molecule has 63 heavy (non-hydrogen) atoms. The van der Waals surface area contributed by atoms with Crippen LogP contribution in [0.4, 0.5) is 28.4 Å². The van der Waals surface area contributed by atoms with Crippen LogP contribution in [-0.2, 0) is 5.41 Å². The maximum Gasteiger partial charge on any atom is 0.0465 e. The topological polar surface area (TPSA) is 6.48 Å². The highest BCUT2D eigenvalue weighted by atomic mass is 15.1. The van der Waals surface area contributed by atoms with Gasteiger partial charge in [0.05, 0.1) is 0 Å². The summed E-state index contributed by atoms with van der Waals surface area (Å²) < 4.78 is 0. The van der Waals surface area contributed by atoms with Crippen molar-refractivity contribution in [2.75, 3.05) is 9.80 Å². The van der Waals surface area contributed by atoms with E-state index in [9.17, 15) is 0 Å². The highest BCUT2D eigenvalue weighted by Crippen LogP contribution is 2.50. The smallest absolute Gasteiger partial charge is 0.0465 e. The van der Waals surface area contributed by atoms with Crippen molar-refractivity contribution >= 4 is 34.0 Å². The summed E-state index contributed by atoms with van der Waals surface area (Å²) >= 11 is 0. The molecule has 0 aromatic heterocycles. The Balaban J connectivity index is 0.932. The average Bonchev–Trinajstić information content (AvgIpc) is 3.57. The summed E-state index contributed by atoms with van der Waals surface area (Å²) in [4.78, 5) is 4.67. The molecule has 9 aromatic rings. The number of fused-ring (bicyclic) bond motifs is 3. The molecule has 0 unspecified atom stereocenters. The average molecular weight is 811 g/mol. The molecule has 9 aromatic carbocycles. The fourth-order valence-electron chi connectivity index (χ4n) is 9.16. The van der Waals surface area contributed by atoms with E-state index in [0.717, 1.165) is 28.4 Å². The minimum atomic E-state index is -0.0937. The highest BCUT2D eigenvalue weighted by Gasteiger charge is 2.35. The lowest BCUT2D eigenvalue weighted by Crippen LogP contribution is -2.16. The van der Waals surface area contributed by atoms with Crippen LogP contribution >= 0.6 is 0 Å². The fraction of sp³-hybridized carbons (Fsp3) is 0.0820. The molecule has 0 aliphatic heterocycles. The lowest BCUT2D eigenvalue weighted by molar-refractivity contribution is 0.660. The largest absolute Gasteiger partial charge is 0.317 e. The number of hydrogen-bond acceptors (Lipinski definition) is 2. The molecule has 10 rings (SSSR count). The van der Waals surface area contributed by atoms with Gasteiger partial charge in [0, 0.05) is 40.1 Å². The summed E-state index contributed by atoms with van der Waals surface area (Å²) in [5.74, 6) is 0. The maximum atomic E-state index is 2.40. The molecule has 0 saturated carbocycles. The summed E-state index contributed by atoms with van der Waals surface area (Å²) in [7, 11) is 0. The van der Waals surface area contributed by atoms with Gasteiger partial charge in [-0.15, -0.1) is 0 Å². The third kappa shape index (κ3) is 7.77. The molecule has 0 N–H and O–H groups in total. The second-order valence-corrected chi connectivity index (χ2v) is 17.2. The van der Waals surface area contributed by atoms with Crippen LogP contribution in [0, 0.1) is 6.92 Å². The van der Waals surface area contributed by atoms with Crippen LogP contribution in [0.15, 0.2) is 231 Å². The first-order valence-corrected chi connectivity index (χ1v) is 21.9. The second-order valence-electron chi connectivity index (χ2n) is 17.2. The molecule has 1 aliphatic carbocycles. The molecular formula is C61H50N2. The summed E-state index contributed by atoms with van der Waals surface area (Å²) in [5.41, 5.74) is 21.7. The van der Waals surface area contributed by atoms with Gasteiger partial charge in [-0.1, -0.05) is 183 Å². The SMILES string of the molecule is C/C(=C\N(c1ccc(C)cc1)c1ccc(-c2ccc(-c3ccc(N(c4ccc(-c5ccccc5)cc4)c4ccc5c(c4)C(C)(C)c4ccccc4-5)cc3)cc2)cc1)c1ccccc1. The molecule has 0 radical (unpaired) electrons. The van der Waals surface area contributed by atoms with E-state index in [-0.39, 0.29) is 5.41 Å². The van der Waals surface area contributed by atoms with Crippen molar-refractivity contribution in [2.24, 2.45) is 0 Å². The van der Waals surface area contributed by atoms with E-state index in [1.54, 1.807) is 0 Å². The Kier molecular flexibility index (Phi) is 10.4. The zero-order valence-corrected chi connectivity index (χ0v) is 36.3. The van der Waals surface area contributed by atoms with E-state index in [0.29, 0.717) is 0 Å². The van der Waals surface area contributed by atoms with Gasteiger partial charge in [-0.3, -0.25) is 0 Å². The Morgan fingerprint density at radius 3 is 1.32 bits per heavy atom. The Morgan fingerprint density at radius 1 is 0.381 bits per heavy atom. The van der Waals surface area contributed by atoms with Crippen LogP contribution in [0.25, 0.3) is 50.1 Å². The molecule has 2 nitrogen and oxygen atoms in total. The standard InChI is InChI=1S/C61H50N2/c1-43-19-31-52(32-20-43)62(42-44(2)45-13-7-5-8-14-45)53-33-25-50(26-34-53)47-21-23-48(24-22-47)51-29-37-55(38-30-51)63(54-35-27-49(28-36-54)46-15-9-6-10-16-46)56-39-40-58-57-17-11-12-18-59(57)61(3,4)60(58)41-56/h5-42H,1-4H3/b44-42+. The number of allylic oxidation sites excluding steroid dienone is 1. The number of hydrogen-bond donors (Lipinski definition) is 0. The monoisotopic (exact) mass is 810 g/mol. The van der Waals surface area contributed by atoms with Gasteiger partial charge >= 0.3 is 0 Å². The van der Waals surface area contributed by atoms with Gasteiger partial charge in [-0.25, -0.2) is 0 Å². The second kappa shape index (κ2) is 16.6. The number of nitrogens with zero attached hydrogens (tertiary/aromatic N) is 2. The van der Waals surface area contributed by atoms with Crippen molar-refractivity contribution in [2.45, 2.75) is 33.1 Å². The van der Waals surface area contributed by atoms with Gasteiger partial charge in [0.15, 0.2) is 0 Å². The van der Waals surface area contributed by atoms with Gasteiger partial charge in [0.2, 0.25) is 0 Å². The normalized spacial score (nSPS) is 12.7. The van der Waals surface area contributed by atoms with E-state index in [4.69, 9.17) is 0 Å². The van der Waals surface area contributed by atoms with Gasteiger partial charge in [0.1, 0.15) is 0 Å². The summed E-state index contributed by atoms with van der Waals surface area (Å²) in [6, 6.07) is 81.6. The van der Waals surface area contributed by atoms with Gasteiger partial charge < -0.3 is 9.80 Å². The Hall–Kier alpha value is -7.68. The van der Waals surface area contributed by atoms with E-state index in [1.165, 1.54) is 72.3 Å². The molecular weight excluding hydrogens is 761 g/mol. The molecule has 0 heterocycles. The molecule has 304 valence electrons. The van der Waals surface area contributed by atoms with Crippen molar-refractivity contribution in [1.82, 2.24) is 0 Å². The third-order valence-corrected chi connectivity index (χ3v) is 12.7.